The number of carbonyl (C=O) groups excluding carboxylic acids is 1. The Morgan fingerprint density at radius 3 is 2.63 bits per heavy atom. The largest absolute Gasteiger partial charge is 0.340 e. The molecule has 2 aromatic carbocycles. The van der Waals surface area contributed by atoms with Gasteiger partial charge >= 0.3 is 0 Å². The van der Waals surface area contributed by atoms with E-state index < -0.39 is 5.54 Å². The Labute approximate surface area is 204 Å². The molecular formula is C28H26N6O. The van der Waals surface area contributed by atoms with Crippen molar-refractivity contribution in [1.82, 2.24) is 14.1 Å². The van der Waals surface area contributed by atoms with Gasteiger partial charge in [0.2, 0.25) is 5.91 Å². The van der Waals surface area contributed by atoms with Gasteiger partial charge in [-0.25, -0.2) is 9.83 Å². The van der Waals surface area contributed by atoms with Crippen LogP contribution in [0.2, 0.25) is 0 Å². The minimum absolute atomic E-state index is 0.122. The smallest absolute Gasteiger partial charge is 0.227 e. The zero-order chi connectivity index (χ0) is 24.3. The molecule has 0 unspecified atom stereocenters. The lowest BCUT2D eigenvalue weighted by atomic mass is 9.88. The van der Waals surface area contributed by atoms with Gasteiger partial charge in [-0.2, -0.15) is 0 Å². The fraction of sp³-hybridized carbons (Fsp3) is 0.250. The first kappa shape index (κ1) is 21.4. The van der Waals surface area contributed by atoms with E-state index in [0.29, 0.717) is 25.2 Å². The molecule has 2 N–H and O–H groups in total. The van der Waals surface area contributed by atoms with Gasteiger partial charge in [-0.3, -0.25) is 9.36 Å². The average Bonchev–Trinajstić information content (AvgIpc) is 3.56. The third-order valence-corrected chi connectivity index (χ3v) is 7.25. The molecule has 0 saturated carbocycles. The van der Waals surface area contributed by atoms with Gasteiger partial charge < -0.3 is 15.2 Å². The zero-order valence-electron chi connectivity index (χ0n) is 19.8. The summed E-state index contributed by atoms with van der Waals surface area (Å²) in [6.07, 6.45) is 6.41. The maximum atomic E-state index is 12.9. The third-order valence-electron chi connectivity index (χ3n) is 7.25. The second-order valence-corrected chi connectivity index (χ2v) is 10.1. The molecule has 4 heterocycles. The van der Waals surface area contributed by atoms with Crippen LogP contribution >= 0.6 is 0 Å². The predicted octanol–water partition coefficient (Wildman–Crippen LogP) is 5.01. The lowest BCUT2D eigenvalue weighted by Crippen LogP contribution is -2.42. The number of aromatic nitrogens is 3. The van der Waals surface area contributed by atoms with E-state index in [1.807, 2.05) is 61.5 Å². The summed E-state index contributed by atoms with van der Waals surface area (Å²) in [7, 11) is 0. The number of hydrogen-bond acceptors (Lipinski definition) is 3. The molecule has 1 atom stereocenters. The Morgan fingerprint density at radius 2 is 1.91 bits per heavy atom. The Kier molecular flexibility index (Phi) is 4.70. The van der Waals surface area contributed by atoms with Crippen LogP contribution in [-0.4, -0.2) is 32.1 Å². The highest BCUT2D eigenvalue weighted by atomic mass is 16.2. The fourth-order valence-corrected chi connectivity index (χ4v) is 5.14. The molecule has 0 aliphatic carbocycles. The molecule has 0 bridgehead atoms. The Morgan fingerprint density at radius 1 is 1.11 bits per heavy atom. The van der Waals surface area contributed by atoms with Crippen molar-refractivity contribution in [2.45, 2.75) is 32.4 Å². The second kappa shape index (κ2) is 7.69. The molecule has 1 amide bonds. The molecule has 1 saturated heterocycles. The van der Waals surface area contributed by atoms with Crippen LogP contribution in [0, 0.1) is 12.5 Å². The summed E-state index contributed by atoms with van der Waals surface area (Å²) in [5.74, 6) is 1.13. The van der Waals surface area contributed by atoms with Gasteiger partial charge in [0.1, 0.15) is 0 Å². The van der Waals surface area contributed by atoms with Crippen LogP contribution in [0.15, 0.2) is 67.1 Å². The van der Waals surface area contributed by atoms with Gasteiger partial charge in [0.15, 0.2) is 11.5 Å². The first-order chi connectivity index (χ1) is 16.8. The van der Waals surface area contributed by atoms with Crippen LogP contribution in [0.3, 0.4) is 0 Å². The van der Waals surface area contributed by atoms with Crippen molar-refractivity contribution in [3.63, 3.8) is 0 Å². The number of anilines is 1. The molecule has 2 aromatic heterocycles. The van der Waals surface area contributed by atoms with Crippen LogP contribution in [0.5, 0.6) is 0 Å². The summed E-state index contributed by atoms with van der Waals surface area (Å²) < 4.78 is 4.32. The number of rotatable bonds is 3. The molecule has 1 fully saturated rings. The summed E-state index contributed by atoms with van der Waals surface area (Å²) in [5.41, 5.74) is 12.8. The predicted molar refractivity (Wildman–Crippen MR) is 137 cm³/mol. The Hall–Kier alpha value is -4.15. The van der Waals surface area contributed by atoms with Crippen molar-refractivity contribution >= 4 is 17.3 Å². The molecule has 0 spiro atoms. The minimum atomic E-state index is -0.398. The SMILES string of the molecule is [C-]#[N+]c1ccc(-c2cc3n(c2)Cc2cc(N4C[C@@H](C(C)(C)N)CC4=O)ccc2-n2ccnc2-3)cc1. The highest BCUT2D eigenvalue weighted by molar-refractivity contribution is 5.96. The molecule has 7 heteroatoms. The lowest BCUT2D eigenvalue weighted by Gasteiger charge is -2.26. The van der Waals surface area contributed by atoms with Crippen molar-refractivity contribution < 1.29 is 4.79 Å². The quantitative estimate of drug-likeness (QED) is 0.383. The van der Waals surface area contributed by atoms with E-state index in [1.54, 1.807) is 0 Å². The molecule has 2 aliphatic rings. The van der Waals surface area contributed by atoms with Gasteiger partial charge in [0.25, 0.3) is 0 Å². The van der Waals surface area contributed by atoms with Gasteiger partial charge in [0, 0.05) is 60.8 Å². The van der Waals surface area contributed by atoms with E-state index in [0.717, 1.165) is 39.6 Å². The van der Waals surface area contributed by atoms with Crippen molar-refractivity contribution in [3.05, 3.63) is 84.1 Å². The maximum absolute atomic E-state index is 12.9. The molecule has 35 heavy (non-hydrogen) atoms. The molecular weight excluding hydrogens is 436 g/mol. The number of imidazole rings is 1. The number of benzene rings is 2. The third kappa shape index (κ3) is 3.54. The number of amides is 1. The van der Waals surface area contributed by atoms with Gasteiger partial charge in [0.05, 0.1) is 18.0 Å². The summed E-state index contributed by atoms with van der Waals surface area (Å²) in [5, 5.41) is 0. The number of nitrogens with two attached hydrogens (primary N) is 1. The van der Waals surface area contributed by atoms with E-state index in [-0.39, 0.29) is 11.8 Å². The second-order valence-electron chi connectivity index (χ2n) is 10.1. The number of carbonyl (C=O) groups is 1. The highest BCUT2D eigenvalue weighted by Crippen LogP contribution is 2.37. The Bertz CT molecular complexity index is 1500. The van der Waals surface area contributed by atoms with E-state index in [2.05, 4.69) is 43.4 Å². The van der Waals surface area contributed by atoms with Crippen molar-refractivity contribution in [2.24, 2.45) is 11.7 Å². The van der Waals surface area contributed by atoms with Crippen molar-refractivity contribution in [1.29, 1.82) is 0 Å². The number of fused-ring (bicyclic) bond motifs is 5. The van der Waals surface area contributed by atoms with E-state index in [4.69, 9.17) is 12.3 Å². The maximum Gasteiger partial charge on any atom is 0.227 e. The minimum Gasteiger partial charge on any atom is -0.340 e. The summed E-state index contributed by atoms with van der Waals surface area (Å²) >= 11 is 0. The van der Waals surface area contributed by atoms with Crippen LogP contribution < -0.4 is 10.6 Å². The fourth-order valence-electron chi connectivity index (χ4n) is 5.14. The molecule has 6 rings (SSSR count). The standard InChI is InChI=1S/C28H26N6O/c1-28(2,29)21-14-26(35)34(17-21)23-8-9-24-20(12-23)16-32-15-19(18-4-6-22(30-3)7-5-18)13-25(32)27-31-10-11-33(24)27/h4-13,15,21H,14,16-17,29H2,1-2H3/t21-/m0/s1. The lowest BCUT2D eigenvalue weighted by molar-refractivity contribution is -0.117. The zero-order valence-corrected chi connectivity index (χ0v) is 19.8. The summed E-state index contributed by atoms with van der Waals surface area (Å²) in [4.78, 5) is 22.9. The first-order valence-electron chi connectivity index (χ1n) is 11.8. The monoisotopic (exact) mass is 462 g/mol. The van der Waals surface area contributed by atoms with Crippen LogP contribution in [0.25, 0.3) is 33.2 Å². The van der Waals surface area contributed by atoms with Crippen LogP contribution in [0.1, 0.15) is 25.8 Å². The molecule has 174 valence electrons. The number of hydrogen-bond donors (Lipinski definition) is 1. The highest BCUT2D eigenvalue weighted by Gasteiger charge is 2.38. The Balaban J connectivity index is 1.40. The van der Waals surface area contributed by atoms with Crippen LogP contribution in [0.4, 0.5) is 11.4 Å². The topological polar surface area (TPSA) is 73.4 Å². The molecule has 2 aliphatic heterocycles. The normalized spacial score (nSPS) is 16.9. The van der Waals surface area contributed by atoms with Gasteiger partial charge in [-0.15, -0.1) is 0 Å². The first-order valence-corrected chi connectivity index (χ1v) is 11.8. The van der Waals surface area contributed by atoms with Crippen molar-refractivity contribution in [2.75, 3.05) is 11.4 Å². The van der Waals surface area contributed by atoms with Gasteiger partial charge in [-0.1, -0.05) is 24.3 Å². The molecule has 7 nitrogen and oxygen atoms in total. The van der Waals surface area contributed by atoms with E-state index in [9.17, 15) is 4.79 Å². The number of nitrogens with zero attached hydrogens (tertiary/aromatic N) is 5. The summed E-state index contributed by atoms with van der Waals surface area (Å²) in [6, 6.07) is 16.0. The van der Waals surface area contributed by atoms with Gasteiger partial charge in [-0.05, 0) is 49.2 Å². The van der Waals surface area contributed by atoms with E-state index in [1.165, 1.54) is 0 Å². The molecule has 4 aromatic rings. The molecule has 0 radical (unpaired) electrons. The van der Waals surface area contributed by atoms with Crippen LogP contribution in [-0.2, 0) is 11.3 Å². The average molecular weight is 463 g/mol. The van der Waals surface area contributed by atoms with E-state index >= 15 is 0 Å². The summed E-state index contributed by atoms with van der Waals surface area (Å²) in [6.45, 7) is 12.5. The van der Waals surface area contributed by atoms with Crippen molar-refractivity contribution in [3.8, 4) is 28.3 Å².